The number of carbonyl (C=O) groups is 1. The topological polar surface area (TPSA) is 72.0 Å². The molecule has 1 saturated heterocycles. The minimum Gasteiger partial charge on any atom is -0.459 e. The number of hydrogen-bond donors (Lipinski definition) is 0. The summed E-state index contributed by atoms with van der Waals surface area (Å²) in [4.78, 5) is 17.1. The summed E-state index contributed by atoms with van der Waals surface area (Å²) in [6.07, 6.45) is 2.26. The number of aromatic nitrogens is 1. The Morgan fingerprint density at radius 2 is 1.97 bits per heavy atom. The second-order valence-electron chi connectivity index (χ2n) is 7.59. The maximum atomic E-state index is 13.5. The van der Waals surface area contributed by atoms with Crippen LogP contribution in [0.5, 0.6) is 0 Å². The number of rotatable bonds is 7. The molecule has 3 heterocycles. The largest absolute Gasteiger partial charge is 0.459 e. The van der Waals surface area contributed by atoms with Gasteiger partial charge in [0.1, 0.15) is 11.5 Å². The van der Waals surface area contributed by atoms with Crippen LogP contribution >= 0.6 is 0 Å². The molecule has 8 heteroatoms. The first-order chi connectivity index (χ1) is 15.1. The van der Waals surface area contributed by atoms with E-state index < -0.39 is 0 Å². The monoisotopic (exact) mass is 427 g/mol. The molecule has 0 N–H and O–H groups in total. The first kappa shape index (κ1) is 21.1. The molecular formula is C23H26FN3O4. The molecular weight excluding hydrogens is 401 g/mol. The van der Waals surface area contributed by atoms with Gasteiger partial charge < -0.3 is 23.5 Å². The van der Waals surface area contributed by atoms with Crippen molar-refractivity contribution in [2.24, 2.45) is 0 Å². The van der Waals surface area contributed by atoms with Crippen molar-refractivity contribution in [2.45, 2.75) is 32.9 Å². The molecule has 4 rings (SSSR count). The van der Waals surface area contributed by atoms with Gasteiger partial charge in [0.15, 0.2) is 5.76 Å². The van der Waals surface area contributed by atoms with E-state index in [0.29, 0.717) is 37.9 Å². The highest BCUT2D eigenvalue weighted by atomic mass is 19.1. The Kier molecular flexibility index (Phi) is 6.36. The van der Waals surface area contributed by atoms with E-state index in [2.05, 4.69) is 10.1 Å². The predicted molar refractivity (Wildman–Crippen MR) is 113 cm³/mol. The van der Waals surface area contributed by atoms with Crippen molar-refractivity contribution in [3.8, 4) is 11.3 Å². The summed E-state index contributed by atoms with van der Waals surface area (Å²) in [5.41, 5.74) is 2.12. The zero-order valence-corrected chi connectivity index (χ0v) is 17.7. The molecule has 0 spiro atoms. The van der Waals surface area contributed by atoms with E-state index in [9.17, 15) is 9.18 Å². The highest BCUT2D eigenvalue weighted by molar-refractivity contribution is 5.91. The molecule has 3 aromatic rings. The molecule has 1 amide bonds. The van der Waals surface area contributed by atoms with Gasteiger partial charge in [-0.15, -0.1) is 0 Å². The Labute approximate surface area is 180 Å². The third-order valence-electron chi connectivity index (χ3n) is 5.63. The molecule has 0 radical (unpaired) electrons. The van der Waals surface area contributed by atoms with Gasteiger partial charge in [-0.25, -0.2) is 4.39 Å². The van der Waals surface area contributed by atoms with Crippen LogP contribution in [0.25, 0.3) is 11.3 Å². The normalized spacial score (nSPS) is 15.1. The van der Waals surface area contributed by atoms with Gasteiger partial charge in [0.05, 0.1) is 31.6 Å². The number of morpholine rings is 1. The van der Waals surface area contributed by atoms with Crippen LogP contribution in [-0.4, -0.2) is 48.3 Å². The van der Waals surface area contributed by atoms with Gasteiger partial charge in [0.25, 0.3) is 5.91 Å². The van der Waals surface area contributed by atoms with Crippen molar-refractivity contribution in [1.29, 1.82) is 0 Å². The van der Waals surface area contributed by atoms with Gasteiger partial charge >= 0.3 is 0 Å². The van der Waals surface area contributed by atoms with Gasteiger partial charge in [0, 0.05) is 24.7 Å². The summed E-state index contributed by atoms with van der Waals surface area (Å²) in [7, 11) is 0. The standard InChI is InChI=1S/C23H26FN3O4/c1-3-16(2)27(22(28)20-5-4-12-30-20)15-19-21(17-6-8-18(24)9-7-17)25-31-23(19)26-10-13-29-14-11-26/h4-9,12,16H,3,10-11,13-15H2,1-2H3. The zero-order valence-electron chi connectivity index (χ0n) is 17.7. The zero-order chi connectivity index (χ0) is 21.8. The average molecular weight is 427 g/mol. The molecule has 31 heavy (non-hydrogen) atoms. The number of furan rings is 1. The van der Waals surface area contributed by atoms with Crippen LogP contribution in [-0.2, 0) is 11.3 Å². The van der Waals surface area contributed by atoms with Crippen LogP contribution < -0.4 is 4.90 Å². The van der Waals surface area contributed by atoms with E-state index in [-0.39, 0.29) is 30.1 Å². The maximum Gasteiger partial charge on any atom is 0.290 e. The number of hydrogen-bond acceptors (Lipinski definition) is 6. The molecule has 1 aliphatic heterocycles. The predicted octanol–water partition coefficient (Wildman–Crippen LogP) is 4.35. The Morgan fingerprint density at radius 1 is 1.23 bits per heavy atom. The van der Waals surface area contributed by atoms with E-state index in [1.165, 1.54) is 18.4 Å². The number of benzene rings is 1. The van der Waals surface area contributed by atoms with Crippen molar-refractivity contribution in [2.75, 3.05) is 31.2 Å². The maximum absolute atomic E-state index is 13.5. The molecule has 0 bridgehead atoms. The van der Waals surface area contributed by atoms with Gasteiger partial charge in [-0.1, -0.05) is 12.1 Å². The molecule has 0 saturated carbocycles. The van der Waals surface area contributed by atoms with Crippen molar-refractivity contribution in [3.05, 3.63) is 59.8 Å². The van der Waals surface area contributed by atoms with E-state index in [0.717, 1.165) is 17.5 Å². The first-order valence-electron chi connectivity index (χ1n) is 10.5. The molecule has 1 aromatic carbocycles. The van der Waals surface area contributed by atoms with Crippen molar-refractivity contribution in [3.63, 3.8) is 0 Å². The molecule has 1 aliphatic rings. The molecule has 2 aromatic heterocycles. The number of carbonyl (C=O) groups excluding carboxylic acids is 1. The summed E-state index contributed by atoms with van der Waals surface area (Å²) in [6.45, 7) is 6.84. The summed E-state index contributed by atoms with van der Waals surface area (Å²) < 4.78 is 30.1. The summed E-state index contributed by atoms with van der Waals surface area (Å²) in [6, 6.07) is 9.44. The van der Waals surface area contributed by atoms with Gasteiger partial charge in [-0.05, 0) is 49.7 Å². The smallest absolute Gasteiger partial charge is 0.290 e. The minimum atomic E-state index is -0.323. The van der Waals surface area contributed by atoms with Gasteiger partial charge in [-0.2, -0.15) is 0 Å². The molecule has 1 atom stereocenters. The second-order valence-corrected chi connectivity index (χ2v) is 7.59. The Balaban J connectivity index is 1.74. The van der Waals surface area contributed by atoms with E-state index in [4.69, 9.17) is 13.7 Å². The number of halogens is 1. The number of anilines is 1. The molecule has 1 unspecified atom stereocenters. The Bertz CT molecular complexity index is 995. The fraction of sp³-hybridized carbons (Fsp3) is 0.391. The lowest BCUT2D eigenvalue weighted by Crippen LogP contribution is -2.39. The van der Waals surface area contributed by atoms with Crippen LogP contribution in [0.15, 0.2) is 51.6 Å². The Hall–Kier alpha value is -3.13. The number of amides is 1. The van der Waals surface area contributed by atoms with Crippen molar-refractivity contribution in [1.82, 2.24) is 10.1 Å². The minimum absolute atomic E-state index is 0.0360. The average Bonchev–Trinajstić information content (AvgIpc) is 3.48. The van der Waals surface area contributed by atoms with Crippen LogP contribution in [0.4, 0.5) is 10.3 Å². The quantitative estimate of drug-likeness (QED) is 0.558. The highest BCUT2D eigenvalue weighted by Crippen LogP contribution is 2.34. The van der Waals surface area contributed by atoms with Crippen molar-refractivity contribution >= 4 is 11.8 Å². The fourth-order valence-corrected chi connectivity index (χ4v) is 3.65. The van der Waals surface area contributed by atoms with E-state index >= 15 is 0 Å². The summed E-state index contributed by atoms with van der Waals surface area (Å²) >= 11 is 0. The molecule has 1 fully saturated rings. The highest BCUT2D eigenvalue weighted by Gasteiger charge is 2.30. The van der Waals surface area contributed by atoms with Crippen molar-refractivity contribution < 1.29 is 22.9 Å². The van der Waals surface area contributed by atoms with E-state index in [1.807, 2.05) is 13.8 Å². The third-order valence-corrected chi connectivity index (χ3v) is 5.63. The number of ether oxygens (including phenoxy) is 1. The van der Waals surface area contributed by atoms with Crippen LogP contribution in [0.2, 0.25) is 0 Å². The van der Waals surface area contributed by atoms with Crippen LogP contribution in [0.1, 0.15) is 36.4 Å². The second kappa shape index (κ2) is 9.34. The molecule has 164 valence electrons. The Morgan fingerprint density at radius 3 is 2.61 bits per heavy atom. The lowest BCUT2D eigenvalue weighted by atomic mass is 10.0. The summed E-state index contributed by atoms with van der Waals surface area (Å²) in [5, 5.41) is 4.31. The van der Waals surface area contributed by atoms with Crippen LogP contribution in [0, 0.1) is 5.82 Å². The summed E-state index contributed by atoms with van der Waals surface area (Å²) in [5.74, 6) is 0.381. The van der Waals surface area contributed by atoms with Gasteiger partial charge in [-0.3, -0.25) is 4.79 Å². The van der Waals surface area contributed by atoms with Gasteiger partial charge in [0.2, 0.25) is 5.88 Å². The molecule has 7 nitrogen and oxygen atoms in total. The number of nitrogens with zero attached hydrogens (tertiary/aromatic N) is 3. The van der Waals surface area contributed by atoms with Crippen LogP contribution in [0.3, 0.4) is 0 Å². The lowest BCUT2D eigenvalue weighted by Gasteiger charge is -2.30. The van der Waals surface area contributed by atoms with E-state index in [1.54, 1.807) is 29.2 Å². The third kappa shape index (κ3) is 4.49. The fourth-order valence-electron chi connectivity index (χ4n) is 3.65. The molecule has 0 aliphatic carbocycles. The SMILES string of the molecule is CCC(C)N(Cc1c(-c2ccc(F)cc2)noc1N1CCOCC1)C(=O)c1ccco1. The lowest BCUT2D eigenvalue weighted by molar-refractivity contribution is 0.0638. The first-order valence-corrected chi connectivity index (χ1v) is 10.5.